The summed E-state index contributed by atoms with van der Waals surface area (Å²) in [4.78, 5) is 12.4. The highest BCUT2D eigenvalue weighted by Crippen LogP contribution is 2.32. The number of thiocarbonyl (C=S) groups is 1. The van der Waals surface area contributed by atoms with Crippen LogP contribution in [0.1, 0.15) is 18.5 Å². The van der Waals surface area contributed by atoms with Gasteiger partial charge in [-0.1, -0.05) is 34.1 Å². The molecular weight excluding hydrogens is 368 g/mol. The number of halogens is 1. The summed E-state index contributed by atoms with van der Waals surface area (Å²) in [6, 6.07) is 7.33. The molecule has 0 fully saturated rings. The first kappa shape index (κ1) is 16.9. The average Bonchev–Trinajstić information content (AvgIpc) is 2.47. The number of carbonyl (C=O) groups is 1. The van der Waals surface area contributed by atoms with Gasteiger partial charge in [-0.05, 0) is 30.8 Å². The molecule has 5 nitrogen and oxygen atoms in total. The number of ether oxygens (including phenoxy) is 2. The number of allylic oxidation sites excluding steroid dienone is 1. The molecule has 2 N–H and O–H groups in total. The summed E-state index contributed by atoms with van der Waals surface area (Å²) in [5.41, 5.74) is 2.12. The molecule has 0 saturated carbocycles. The molecule has 0 bridgehead atoms. The van der Waals surface area contributed by atoms with E-state index in [1.807, 2.05) is 31.2 Å². The number of esters is 1. The summed E-state index contributed by atoms with van der Waals surface area (Å²) in [7, 11) is 1.56. The lowest BCUT2D eigenvalue weighted by Gasteiger charge is -2.30. The zero-order valence-electron chi connectivity index (χ0n) is 12.3. The van der Waals surface area contributed by atoms with Crippen molar-refractivity contribution in [3.8, 4) is 0 Å². The van der Waals surface area contributed by atoms with Crippen LogP contribution in [0.3, 0.4) is 0 Å². The van der Waals surface area contributed by atoms with Gasteiger partial charge in [-0.3, -0.25) is 0 Å². The minimum Gasteiger partial charge on any atom is -0.460 e. The van der Waals surface area contributed by atoms with E-state index < -0.39 is 5.97 Å². The molecule has 1 aliphatic heterocycles. The first-order valence-electron chi connectivity index (χ1n) is 6.73. The minimum atomic E-state index is -0.391. The standard InChI is InChI=1S/C15H17BrN2O3S/c1-9-12(14(19)21-8-7-20-2)13(18-15(22)17-9)10-5-3-4-6-11(10)16/h3-6,13H,7-8H2,1-2H3,(H2,17,18,22)/t13-/m0/s1. The van der Waals surface area contributed by atoms with E-state index in [1.165, 1.54) is 0 Å². The van der Waals surface area contributed by atoms with Gasteiger partial charge in [-0.25, -0.2) is 4.79 Å². The third kappa shape index (κ3) is 3.85. The molecule has 1 heterocycles. The van der Waals surface area contributed by atoms with Gasteiger partial charge in [-0.15, -0.1) is 0 Å². The molecule has 7 heteroatoms. The Bertz CT molecular complexity index is 619. The Balaban J connectivity index is 2.33. The molecule has 0 spiro atoms. The second-order valence-corrected chi connectivity index (χ2v) is 5.98. The lowest BCUT2D eigenvalue weighted by atomic mass is 9.96. The van der Waals surface area contributed by atoms with Gasteiger partial charge in [0.2, 0.25) is 0 Å². The maximum Gasteiger partial charge on any atom is 0.338 e. The van der Waals surface area contributed by atoms with Crippen LogP contribution < -0.4 is 10.6 Å². The molecule has 1 atom stereocenters. The predicted molar refractivity (Wildman–Crippen MR) is 91.3 cm³/mol. The number of hydrogen-bond acceptors (Lipinski definition) is 4. The summed E-state index contributed by atoms with van der Waals surface area (Å²) in [6.07, 6.45) is 0. The van der Waals surface area contributed by atoms with Crippen molar-refractivity contribution < 1.29 is 14.3 Å². The van der Waals surface area contributed by atoms with Gasteiger partial charge in [0.05, 0.1) is 18.2 Å². The van der Waals surface area contributed by atoms with Crippen molar-refractivity contribution in [1.29, 1.82) is 0 Å². The zero-order chi connectivity index (χ0) is 16.1. The molecule has 0 unspecified atom stereocenters. The SMILES string of the molecule is COCCOC(=O)C1=C(C)NC(=S)N[C@H]1c1ccccc1Br. The van der Waals surface area contributed by atoms with E-state index >= 15 is 0 Å². The molecule has 1 aliphatic rings. The molecular formula is C15H17BrN2O3S. The van der Waals surface area contributed by atoms with Gasteiger partial charge in [-0.2, -0.15) is 0 Å². The van der Waals surface area contributed by atoms with E-state index in [1.54, 1.807) is 7.11 Å². The zero-order valence-corrected chi connectivity index (χ0v) is 14.7. The van der Waals surface area contributed by atoms with Crippen LogP contribution in [0.5, 0.6) is 0 Å². The average molecular weight is 385 g/mol. The second kappa shape index (κ2) is 7.71. The molecule has 1 aromatic rings. The number of methoxy groups -OCH3 is 1. The van der Waals surface area contributed by atoms with Crippen molar-refractivity contribution >= 4 is 39.2 Å². The molecule has 0 aliphatic carbocycles. The quantitative estimate of drug-likeness (QED) is 0.461. The smallest absolute Gasteiger partial charge is 0.338 e. The maximum atomic E-state index is 12.4. The highest BCUT2D eigenvalue weighted by atomic mass is 79.9. The summed E-state index contributed by atoms with van der Waals surface area (Å²) >= 11 is 8.72. The van der Waals surface area contributed by atoms with Crippen LogP contribution in [0.4, 0.5) is 0 Å². The summed E-state index contributed by atoms with van der Waals surface area (Å²) < 4.78 is 11.1. The van der Waals surface area contributed by atoms with E-state index in [9.17, 15) is 4.79 Å². The summed E-state index contributed by atoms with van der Waals surface area (Å²) in [5, 5.41) is 6.58. The molecule has 0 radical (unpaired) electrons. The van der Waals surface area contributed by atoms with Gasteiger partial charge in [0.1, 0.15) is 6.61 Å². The molecule has 0 saturated heterocycles. The Hall–Kier alpha value is -1.44. The molecule has 1 aromatic carbocycles. The minimum absolute atomic E-state index is 0.208. The van der Waals surface area contributed by atoms with Crippen LogP contribution >= 0.6 is 28.1 Å². The molecule has 22 heavy (non-hydrogen) atoms. The van der Waals surface area contributed by atoms with Gasteiger partial charge in [0, 0.05) is 17.3 Å². The van der Waals surface area contributed by atoms with Crippen molar-refractivity contribution in [2.45, 2.75) is 13.0 Å². The van der Waals surface area contributed by atoms with E-state index in [0.717, 1.165) is 10.0 Å². The van der Waals surface area contributed by atoms with Crippen LogP contribution in [0.2, 0.25) is 0 Å². The van der Waals surface area contributed by atoms with Gasteiger partial charge >= 0.3 is 5.97 Å². The monoisotopic (exact) mass is 384 g/mol. The summed E-state index contributed by atoms with van der Waals surface area (Å²) in [5.74, 6) is -0.391. The topological polar surface area (TPSA) is 59.6 Å². The second-order valence-electron chi connectivity index (χ2n) is 4.72. The highest BCUT2D eigenvalue weighted by molar-refractivity contribution is 9.10. The third-order valence-electron chi connectivity index (χ3n) is 3.23. The third-order valence-corrected chi connectivity index (χ3v) is 4.17. The fourth-order valence-electron chi connectivity index (χ4n) is 2.20. The summed E-state index contributed by atoms with van der Waals surface area (Å²) in [6.45, 7) is 2.38. The first-order valence-corrected chi connectivity index (χ1v) is 7.93. The first-order chi connectivity index (χ1) is 10.5. The van der Waals surface area contributed by atoms with Crippen molar-refractivity contribution in [3.05, 3.63) is 45.6 Å². The van der Waals surface area contributed by atoms with Gasteiger partial charge in [0.25, 0.3) is 0 Å². The van der Waals surface area contributed by atoms with Gasteiger partial charge in [0.15, 0.2) is 5.11 Å². The van der Waals surface area contributed by atoms with E-state index in [0.29, 0.717) is 23.0 Å². The Labute approximate surface area is 143 Å². The predicted octanol–water partition coefficient (Wildman–Crippen LogP) is 2.43. The van der Waals surface area contributed by atoms with E-state index in [-0.39, 0.29) is 12.6 Å². The van der Waals surface area contributed by atoms with Crippen molar-refractivity contribution in [2.24, 2.45) is 0 Å². The maximum absolute atomic E-state index is 12.4. The molecule has 0 amide bonds. The van der Waals surface area contributed by atoms with Gasteiger partial charge < -0.3 is 20.1 Å². The van der Waals surface area contributed by atoms with Crippen LogP contribution in [0.25, 0.3) is 0 Å². The normalized spacial score (nSPS) is 17.8. The number of rotatable bonds is 5. The highest BCUT2D eigenvalue weighted by Gasteiger charge is 2.31. The van der Waals surface area contributed by atoms with Crippen molar-refractivity contribution in [1.82, 2.24) is 10.6 Å². The number of nitrogens with one attached hydrogen (secondary N) is 2. The Kier molecular flexibility index (Phi) is 5.93. The van der Waals surface area contributed by atoms with Crippen LogP contribution in [-0.4, -0.2) is 31.4 Å². The molecule has 118 valence electrons. The van der Waals surface area contributed by atoms with Crippen molar-refractivity contribution in [2.75, 3.05) is 20.3 Å². The van der Waals surface area contributed by atoms with Crippen LogP contribution in [0, 0.1) is 0 Å². The fraction of sp³-hybridized carbons (Fsp3) is 0.333. The van der Waals surface area contributed by atoms with Crippen LogP contribution in [0.15, 0.2) is 40.0 Å². The Morgan fingerprint density at radius 3 is 2.77 bits per heavy atom. The number of benzene rings is 1. The molecule has 2 rings (SSSR count). The lowest BCUT2D eigenvalue weighted by molar-refractivity contribution is -0.140. The number of carbonyl (C=O) groups excluding carboxylic acids is 1. The van der Waals surface area contributed by atoms with Crippen molar-refractivity contribution in [3.63, 3.8) is 0 Å². The lowest BCUT2D eigenvalue weighted by Crippen LogP contribution is -2.45. The largest absolute Gasteiger partial charge is 0.460 e. The Morgan fingerprint density at radius 2 is 2.09 bits per heavy atom. The van der Waals surface area contributed by atoms with E-state index in [4.69, 9.17) is 21.7 Å². The molecule has 0 aromatic heterocycles. The Morgan fingerprint density at radius 1 is 1.36 bits per heavy atom. The van der Waals surface area contributed by atoms with Crippen LogP contribution in [-0.2, 0) is 14.3 Å². The fourth-order valence-corrected chi connectivity index (χ4v) is 2.99. The van der Waals surface area contributed by atoms with E-state index in [2.05, 4.69) is 26.6 Å². The number of hydrogen-bond donors (Lipinski definition) is 2.